The molecular weight excluding hydrogens is 442 g/mol. The topological polar surface area (TPSA) is 45.7 Å². The lowest BCUT2D eigenvalue weighted by Gasteiger charge is -2.25. The third-order valence-corrected chi connectivity index (χ3v) is 6.74. The van der Waals surface area contributed by atoms with Gasteiger partial charge in [-0.15, -0.1) is 0 Å². The second-order valence-electron chi connectivity index (χ2n) is 7.78. The number of likely N-dealkylation sites (N-methyl/N-ethyl adjacent to an activating group) is 1. The van der Waals surface area contributed by atoms with Crippen molar-refractivity contribution >= 4 is 44.2 Å². The average molecular weight is 474 g/mol. The Balaban J connectivity index is 1.93. The van der Waals surface area contributed by atoms with E-state index < -0.39 is 0 Å². The van der Waals surface area contributed by atoms with Crippen LogP contribution < -0.4 is 9.64 Å². The Morgan fingerprint density at radius 3 is 2.62 bits per heavy atom. The van der Waals surface area contributed by atoms with Crippen molar-refractivity contribution in [1.82, 2.24) is 9.88 Å². The van der Waals surface area contributed by atoms with Gasteiger partial charge in [0.25, 0.3) is 5.91 Å². The summed E-state index contributed by atoms with van der Waals surface area (Å²) >= 11 is 7.76. The van der Waals surface area contributed by atoms with Gasteiger partial charge in [-0.3, -0.25) is 9.69 Å². The molecule has 2 aromatic carbocycles. The molecular formula is C25H32ClN3O2S. The first-order valence-corrected chi connectivity index (χ1v) is 12.5. The molecule has 3 aromatic rings. The first-order valence-electron chi connectivity index (χ1n) is 11.3. The third kappa shape index (κ3) is 6.00. The lowest BCUT2D eigenvalue weighted by molar-refractivity contribution is 0.0983. The Bertz CT molecular complexity index is 1050. The van der Waals surface area contributed by atoms with Crippen molar-refractivity contribution in [2.75, 3.05) is 37.7 Å². The summed E-state index contributed by atoms with van der Waals surface area (Å²) in [5.74, 6) is 0.654. The molecule has 1 aromatic heterocycles. The maximum atomic E-state index is 13.6. The van der Waals surface area contributed by atoms with Gasteiger partial charge in [0.1, 0.15) is 5.75 Å². The van der Waals surface area contributed by atoms with Crippen LogP contribution in [-0.4, -0.2) is 48.6 Å². The van der Waals surface area contributed by atoms with Gasteiger partial charge in [0.05, 0.1) is 16.8 Å². The number of ether oxygens (including phenoxy) is 1. The summed E-state index contributed by atoms with van der Waals surface area (Å²) < 4.78 is 6.81. The minimum atomic E-state index is -0.0686. The van der Waals surface area contributed by atoms with Gasteiger partial charge in [0, 0.05) is 23.7 Å². The Labute approximate surface area is 200 Å². The van der Waals surface area contributed by atoms with Crippen LogP contribution in [0.15, 0.2) is 36.4 Å². The number of aromatic nitrogens is 1. The number of nitrogens with zero attached hydrogens (tertiary/aromatic N) is 3. The minimum Gasteiger partial charge on any atom is -0.494 e. The summed E-state index contributed by atoms with van der Waals surface area (Å²) in [6, 6.07) is 11.3. The number of fused-ring (bicyclic) bond motifs is 1. The van der Waals surface area contributed by atoms with Gasteiger partial charge in [0.15, 0.2) is 5.13 Å². The number of hydrogen-bond acceptors (Lipinski definition) is 5. The molecule has 7 heteroatoms. The Kier molecular flexibility index (Phi) is 8.91. The second kappa shape index (κ2) is 11.6. The molecule has 0 saturated carbocycles. The van der Waals surface area contributed by atoms with Gasteiger partial charge in [-0.2, -0.15) is 0 Å². The molecule has 0 bridgehead atoms. The van der Waals surface area contributed by atoms with Crippen LogP contribution in [0.2, 0.25) is 5.02 Å². The number of benzene rings is 2. The highest BCUT2D eigenvalue weighted by Gasteiger charge is 2.23. The van der Waals surface area contributed by atoms with Crippen LogP contribution in [0, 0.1) is 6.92 Å². The molecule has 1 heterocycles. The van der Waals surface area contributed by atoms with Crippen molar-refractivity contribution in [2.24, 2.45) is 0 Å². The molecule has 0 saturated heterocycles. The predicted octanol–water partition coefficient (Wildman–Crippen LogP) is 6.43. The van der Waals surface area contributed by atoms with Gasteiger partial charge in [-0.25, -0.2) is 4.98 Å². The van der Waals surface area contributed by atoms with Gasteiger partial charge in [0.2, 0.25) is 0 Å². The number of anilines is 1. The Morgan fingerprint density at radius 1 is 1.12 bits per heavy atom. The zero-order valence-corrected chi connectivity index (χ0v) is 20.9. The van der Waals surface area contributed by atoms with Gasteiger partial charge >= 0.3 is 0 Å². The molecule has 0 aliphatic heterocycles. The first kappa shape index (κ1) is 24.5. The number of amides is 1. The van der Waals surface area contributed by atoms with Crippen molar-refractivity contribution in [3.05, 3.63) is 52.5 Å². The minimum absolute atomic E-state index is 0.0686. The van der Waals surface area contributed by atoms with E-state index in [1.807, 2.05) is 43.3 Å². The van der Waals surface area contributed by atoms with Crippen molar-refractivity contribution in [3.8, 4) is 5.75 Å². The van der Waals surface area contributed by atoms with E-state index in [1.54, 1.807) is 4.90 Å². The van der Waals surface area contributed by atoms with Gasteiger partial charge < -0.3 is 9.64 Å². The van der Waals surface area contributed by atoms with E-state index in [4.69, 9.17) is 21.3 Å². The number of rotatable bonds is 11. The summed E-state index contributed by atoms with van der Waals surface area (Å²) in [5, 5.41) is 1.38. The normalized spacial score (nSPS) is 11.3. The van der Waals surface area contributed by atoms with E-state index in [1.165, 1.54) is 11.3 Å². The van der Waals surface area contributed by atoms with E-state index in [2.05, 4.69) is 25.7 Å². The molecule has 1 amide bonds. The first-order chi connectivity index (χ1) is 15.5. The third-order valence-electron chi connectivity index (χ3n) is 5.50. The highest BCUT2D eigenvalue weighted by Crippen LogP contribution is 2.33. The molecule has 0 atom stereocenters. The lowest BCUT2D eigenvalue weighted by atomic mass is 10.2. The fraction of sp³-hybridized carbons (Fsp3) is 0.440. The molecule has 3 rings (SSSR count). The average Bonchev–Trinajstić information content (AvgIpc) is 3.21. The smallest absolute Gasteiger partial charge is 0.260 e. The van der Waals surface area contributed by atoms with E-state index in [0.29, 0.717) is 28.9 Å². The monoisotopic (exact) mass is 473 g/mol. The highest BCUT2D eigenvalue weighted by molar-refractivity contribution is 7.22. The van der Waals surface area contributed by atoms with Gasteiger partial charge in [-0.1, -0.05) is 56.2 Å². The largest absolute Gasteiger partial charge is 0.494 e. The summed E-state index contributed by atoms with van der Waals surface area (Å²) in [6.45, 7) is 12.3. The number of carbonyl (C=O) groups excluding carboxylic acids is 1. The van der Waals surface area contributed by atoms with E-state index >= 15 is 0 Å². The van der Waals surface area contributed by atoms with Crippen LogP contribution >= 0.6 is 22.9 Å². The van der Waals surface area contributed by atoms with Crippen molar-refractivity contribution < 1.29 is 9.53 Å². The maximum absolute atomic E-state index is 13.6. The molecule has 5 nitrogen and oxygen atoms in total. The Hall–Kier alpha value is -2.15. The SMILES string of the molecule is CCCCOc1cccc(C(=O)N(CCN(CC)CC)c2nc3c(C)cc(Cl)cc3s2)c1. The predicted molar refractivity (Wildman–Crippen MR) is 136 cm³/mol. The summed E-state index contributed by atoms with van der Waals surface area (Å²) in [6.07, 6.45) is 2.06. The summed E-state index contributed by atoms with van der Waals surface area (Å²) in [4.78, 5) is 22.6. The molecule has 0 N–H and O–H groups in total. The number of thiazole rings is 1. The van der Waals surface area contributed by atoms with Crippen molar-refractivity contribution in [3.63, 3.8) is 0 Å². The number of carbonyl (C=O) groups is 1. The Morgan fingerprint density at radius 2 is 1.91 bits per heavy atom. The van der Waals surface area contributed by atoms with Crippen molar-refractivity contribution in [1.29, 1.82) is 0 Å². The van der Waals surface area contributed by atoms with Gasteiger partial charge in [-0.05, 0) is 62.3 Å². The number of unbranched alkanes of at least 4 members (excludes halogenated alkanes) is 1. The molecule has 0 unspecified atom stereocenters. The van der Waals surface area contributed by atoms with E-state index in [-0.39, 0.29) is 5.91 Å². The quantitative estimate of drug-likeness (QED) is 0.301. The van der Waals surface area contributed by atoms with Crippen LogP contribution in [0.5, 0.6) is 5.75 Å². The van der Waals surface area contributed by atoms with Crippen molar-refractivity contribution in [2.45, 2.75) is 40.5 Å². The molecule has 0 aliphatic carbocycles. The standard InChI is InChI=1S/C25H32ClN3O2S/c1-5-8-14-31-21-11-9-10-19(16-21)24(30)29(13-12-28(6-2)7-3)25-27-23-18(4)15-20(26)17-22(23)32-25/h9-11,15-17H,5-8,12-14H2,1-4H3. The van der Waals surface area contributed by atoms with E-state index in [0.717, 1.165) is 54.0 Å². The summed E-state index contributed by atoms with van der Waals surface area (Å²) in [7, 11) is 0. The fourth-order valence-electron chi connectivity index (χ4n) is 3.53. The number of aryl methyl sites for hydroxylation is 1. The number of halogens is 1. The van der Waals surface area contributed by atoms with Crippen LogP contribution in [0.4, 0.5) is 5.13 Å². The van der Waals surface area contributed by atoms with E-state index in [9.17, 15) is 4.79 Å². The van der Waals surface area contributed by atoms with Crippen LogP contribution in [0.3, 0.4) is 0 Å². The molecule has 0 fully saturated rings. The second-order valence-corrected chi connectivity index (χ2v) is 9.22. The zero-order chi connectivity index (χ0) is 23.1. The molecule has 0 spiro atoms. The highest BCUT2D eigenvalue weighted by atomic mass is 35.5. The lowest BCUT2D eigenvalue weighted by Crippen LogP contribution is -2.38. The molecule has 0 radical (unpaired) electrons. The van der Waals surface area contributed by atoms with Crippen LogP contribution in [-0.2, 0) is 0 Å². The zero-order valence-electron chi connectivity index (χ0n) is 19.4. The molecule has 32 heavy (non-hydrogen) atoms. The molecule has 172 valence electrons. The summed E-state index contributed by atoms with van der Waals surface area (Å²) in [5.41, 5.74) is 2.51. The number of hydrogen-bond donors (Lipinski definition) is 0. The molecule has 0 aliphatic rings. The fourth-order valence-corrected chi connectivity index (χ4v) is 4.98. The van der Waals surface area contributed by atoms with Crippen LogP contribution in [0.1, 0.15) is 49.5 Å². The maximum Gasteiger partial charge on any atom is 0.260 e. The van der Waals surface area contributed by atoms with Crippen LogP contribution in [0.25, 0.3) is 10.2 Å².